The molecule has 26 heavy (non-hydrogen) atoms. The summed E-state index contributed by atoms with van der Waals surface area (Å²) in [5.41, 5.74) is 1.09. The zero-order valence-corrected chi connectivity index (χ0v) is 14.7. The van der Waals surface area contributed by atoms with Crippen molar-refractivity contribution in [3.8, 4) is 5.69 Å². The average Bonchev–Trinajstić information content (AvgIpc) is 3.37. The van der Waals surface area contributed by atoms with Crippen LogP contribution in [0.1, 0.15) is 36.3 Å². The first kappa shape index (κ1) is 16.9. The standard InChI is InChI=1S/C19H23N5O2/c1-13-22-19(26-23-13)14-9-15(17(25)10-14)11-20-12-18-21-7-8-24(18)16-5-3-2-4-6-16/h2-8,14-15,17,20,25H,9-12H2,1H3/t14-,15+,17+/m0/s1. The number of nitrogens with one attached hydrogen (secondary N) is 1. The van der Waals surface area contributed by atoms with Gasteiger partial charge < -0.3 is 19.5 Å². The summed E-state index contributed by atoms with van der Waals surface area (Å²) in [6, 6.07) is 10.1. The van der Waals surface area contributed by atoms with Crippen molar-refractivity contribution in [3.05, 3.63) is 60.3 Å². The predicted molar refractivity (Wildman–Crippen MR) is 95.8 cm³/mol. The molecule has 2 aromatic heterocycles. The Morgan fingerprint density at radius 3 is 2.88 bits per heavy atom. The van der Waals surface area contributed by atoms with Crippen LogP contribution in [0.5, 0.6) is 0 Å². The van der Waals surface area contributed by atoms with Crippen molar-refractivity contribution in [2.75, 3.05) is 6.54 Å². The average molecular weight is 353 g/mol. The molecule has 3 aromatic rings. The summed E-state index contributed by atoms with van der Waals surface area (Å²) in [4.78, 5) is 8.75. The van der Waals surface area contributed by atoms with E-state index in [9.17, 15) is 5.11 Å². The summed E-state index contributed by atoms with van der Waals surface area (Å²) in [5.74, 6) is 2.55. The summed E-state index contributed by atoms with van der Waals surface area (Å²) < 4.78 is 7.34. The topological polar surface area (TPSA) is 89.0 Å². The molecule has 0 aliphatic heterocycles. The van der Waals surface area contributed by atoms with Gasteiger partial charge in [-0.1, -0.05) is 23.4 Å². The normalized spacial score (nSPS) is 22.8. The van der Waals surface area contributed by atoms with Gasteiger partial charge >= 0.3 is 0 Å². The number of aromatic nitrogens is 4. The van der Waals surface area contributed by atoms with E-state index in [-0.39, 0.29) is 17.9 Å². The van der Waals surface area contributed by atoms with E-state index in [2.05, 4.69) is 37.1 Å². The third kappa shape index (κ3) is 3.54. The molecule has 2 heterocycles. The van der Waals surface area contributed by atoms with Gasteiger partial charge in [0, 0.05) is 30.5 Å². The van der Waals surface area contributed by atoms with Crippen molar-refractivity contribution >= 4 is 0 Å². The zero-order chi connectivity index (χ0) is 17.9. The minimum atomic E-state index is -0.353. The van der Waals surface area contributed by atoms with Crippen LogP contribution < -0.4 is 5.32 Å². The highest BCUT2D eigenvalue weighted by atomic mass is 16.5. The molecular weight excluding hydrogens is 330 g/mol. The van der Waals surface area contributed by atoms with Crippen molar-refractivity contribution in [1.29, 1.82) is 0 Å². The van der Waals surface area contributed by atoms with Crippen LogP contribution in [0.25, 0.3) is 5.69 Å². The Bertz CT molecular complexity index is 845. The van der Waals surface area contributed by atoms with Crippen LogP contribution in [-0.2, 0) is 6.54 Å². The van der Waals surface area contributed by atoms with Gasteiger partial charge in [0.15, 0.2) is 5.82 Å². The lowest BCUT2D eigenvalue weighted by Gasteiger charge is -2.15. The first-order valence-corrected chi connectivity index (χ1v) is 8.97. The molecule has 0 bridgehead atoms. The summed E-state index contributed by atoms with van der Waals surface area (Å²) in [7, 11) is 0. The van der Waals surface area contributed by atoms with Gasteiger partial charge in [-0.2, -0.15) is 4.98 Å². The fraction of sp³-hybridized carbons (Fsp3) is 0.421. The number of aryl methyl sites for hydroxylation is 1. The smallest absolute Gasteiger partial charge is 0.229 e. The highest BCUT2D eigenvalue weighted by molar-refractivity contribution is 5.32. The number of imidazole rings is 1. The molecule has 0 amide bonds. The fourth-order valence-corrected chi connectivity index (χ4v) is 3.66. The van der Waals surface area contributed by atoms with E-state index in [1.807, 2.05) is 37.5 Å². The Balaban J connectivity index is 1.34. The second kappa shape index (κ2) is 7.39. The molecule has 1 aliphatic carbocycles. The summed E-state index contributed by atoms with van der Waals surface area (Å²) in [5, 5.41) is 17.7. The number of hydrogen-bond donors (Lipinski definition) is 2. The maximum atomic E-state index is 10.4. The van der Waals surface area contributed by atoms with Gasteiger partial charge in [-0.25, -0.2) is 4.98 Å². The van der Waals surface area contributed by atoms with E-state index in [4.69, 9.17) is 4.52 Å². The Labute approximate surface area is 152 Å². The summed E-state index contributed by atoms with van der Waals surface area (Å²) >= 11 is 0. The minimum absolute atomic E-state index is 0.143. The summed E-state index contributed by atoms with van der Waals surface area (Å²) in [6.07, 6.45) is 4.94. The number of aliphatic hydroxyl groups excluding tert-OH is 1. The van der Waals surface area contributed by atoms with Gasteiger partial charge in [0.25, 0.3) is 0 Å². The molecule has 4 rings (SSSR count). The van der Waals surface area contributed by atoms with Crippen molar-refractivity contribution in [3.63, 3.8) is 0 Å². The van der Waals surface area contributed by atoms with Crippen LogP contribution in [0.3, 0.4) is 0 Å². The van der Waals surface area contributed by atoms with Crippen LogP contribution in [-0.4, -0.2) is 37.4 Å². The molecule has 7 nitrogen and oxygen atoms in total. The van der Waals surface area contributed by atoms with Gasteiger partial charge in [-0.3, -0.25) is 0 Å². The van der Waals surface area contributed by atoms with Crippen molar-refractivity contribution in [2.24, 2.45) is 5.92 Å². The van der Waals surface area contributed by atoms with E-state index in [0.29, 0.717) is 24.7 Å². The molecule has 0 saturated heterocycles. The lowest BCUT2D eigenvalue weighted by Crippen LogP contribution is -2.28. The Hall–Kier alpha value is -2.51. The van der Waals surface area contributed by atoms with Crippen LogP contribution in [0.2, 0.25) is 0 Å². The lowest BCUT2D eigenvalue weighted by molar-refractivity contribution is 0.130. The number of rotatable bonds is 6. The van der Waals surface area contributed by atoms with Gasteiger partial charge in [0.05, 0.1) is 12.6 Å². The third-order valence-corrected chi connectivity index (χ3v) is 4.99. The van der Waals surface area contributed by atoms with Gasteiger partial charge in [-0.15, -0.1) is 0 Å². The Morgan fingerprint density at radius 2 is 2.12 bits per heavy atom. The minimum Gasteiger partial charge on any atom is -0.393 e. The Morgan fingerprint density at radius 1 is 1.27 bits per heavy atom. The molecule has 7 heteroatoms. The first-order chi connectivity index (χ1) is 12.7. The zero-order valence-electron chi connectivity index (χ0n) is 14.7. The molecule has 0 spiro atoms. The largest absolute Gasteiger partial charge is 0.393 e. The molecule has 3 atom stereocenters. The van der Waals surface area contributed by atoms with Crippen molar-refractivity contribution in [2.45, 2.75) is 38.3 Å². The fourth-order valence-electron chi connectivity index (χ4n) is 3.66. The van der Waals surface area contributed by atoms with E-state index in [0.717, 1.165) is 24.5 Å². The first-order valence-electron chi connectivity index (χ1n) is 8.97. The quantitative estimate of drug-likeness (QED) is 0.706. The third-order valence-electron chi connectivity index (χ3n) is 4.99. The number of benzene rings is 1. The van der Waals surface area contributed by atoms with Crippen LogP contribution in [0, 0.1) is 12.8 Å². The number of nitrogens with zero attached hydrogens (tertiary/aromatic N) is 4. The molecule has 0 radical (unpaired) electrons. The van der Waals surface area contributed by atoms with E-state index < -0.39 is 0 Å². The monoisotopic (exact) mass is 353 g/mol. The highest BCUT2D eigenvalue weighted by Gasteiger charge is 2.36. The molecule has 1 fully saturated rings. The van der Waals surface area contributed by atoms with E-state index in [1.54, 1.807) is 0 Å². The van der Waals surface area contributed by atoms with E-state index >= 15 is 0 Å². The van der Waals surface area contributed by atoms with Crippen molar-refractivity contribution < 1.29 is 9.63 Å². The second-order valence-corrected chi connectivity index (χ2v) is 6.86. The molecule has 1 aliphatic rings. The number of para-hydroxylation sites is 1. The van der Waals surface area contributed by atoms with E-state index in [1.165, 1.54) is 0 Å². The molecule has 2 N–H and O–H groups in total. The van der Waals surface area contributed by atoms with Gasteiger partial charge in [0.2, 0.25) is 5.89 Å². The summed E-state index contributed by atoms with van der Waals surface area (Å²) in [6.45, 7) is 3.19. The predicted octanol–water partition coefficient (Wildman–Crippen LogP) is 2.21. The maximum absolute atomic E-state index is 10.4. The van der Waals surface area contributed by atoms with Gasteiger partial charge in [0.1, 0.15) is 5.82 Å². The van der Waals surface area contributed by atoms with Crippen molar-refractivity contribution in [1.82, 2.24) is 25.0 Å². The number of hydrogen-bond acceptors (Lipinski definition) is 6. The molecule has 0 unspecified atom stereocenters. The second-order valence-electron chi connectivity index (χ2n) is 6.86. The molecular formula is C19H23N5O2. The van der Waals surface area contributed by atoms with Crippen LogP contribution in [0.15, 0.2) is 47.2 Å². The molecule has 1 aromatic carbocycles. The highest BCUT2D eigenvalue weighted by Crippen LogP contribution is 2.37. The molecule has 136 valence electrons. The maximum Gasteiger partial charge on any atom is 0.229 e. The van der Waals surface area contributed by atoms with Crippen LogP contribution >= 0.6 is 0 Å². The molecule has 1 saturated carbocycles. The SMILES string of the molecule is Cc1noc([C@H]2C[C@H](CNCc3nccn3-c3ccccc3)[C@H](O)C2)n1. The van der Waals surface area contributed by atoms with Gasteiger partial charge in [-0.05, 0) is 37.8 Å². The van der Waals surface area contributed by atoms with Crippen LogP contribution in [0.4, 0.5) is 0 Å². The Kier molecular flexibility index (Phi) is 4.81. The lowest BCUT2D eigenvalue weighted by atomic mass is 10.0. The number of aliphatic hydroxyl groups is 1.